The van der Waals surface area contributed by atoms with Crippen LogP contribution in [0.1, 0.15) is 10.4 Å². The summed E-state index contributed by atoms with van der Waals surface area (Å²) in [6, 6.07) is 5.82. The molecule has 0 amide bonds. The van der Waals surface area contributed by atoms with Crippen molar-refractivity contribution in [2.75, 3.05) is 5.73 Å². The lowest BCUT2D eigenvalue weighted by atomic mass is 10.1. The van der Waals surface area contributed by atoms with Crippen LogP contribution in [0.2, 0.25) is 5.02 Å². The second kappa shape index (κ2) is 4.51. The Morgan fingerprint density at radius 1 is 1.47 bits per heavy atom. The molecule has 0 saturated carbocycles. The van der Waals surface area contributed by atoms with Gasteiger partial charge in [0.05, 0.1) is 0 Å². The molecule has 15 heavy (non-hydrogen) atoms. The molecule has 1 aromatic carbocycles. The molecule has 2 aromatic rings. The van der Waals surface area contributed by atoms with Crippen molar-refractivity contribution in [2.45, 2.75) is 6.42 Å². The Hall–Kier alpha value is -0.580. The first-order chi connectivity index (χ1) is 7.15. The van der Waals surface area contributed by atoms with Gasteiger partial charge in [0, 0.05) is 27.0 Å². The van der Waals surface area contributed by atoms with E-state index >= 15 is 0 Å². The maximum Gasteiger partial charge on any atom is 0.180 e. The third kappa shape index (κ3) is 2.71. The summed E-state index contributed by atoms with van der Waals surface area (Å²) in [5.41, 5.74) is 6.64. The number of thiazole rings is 1. The first-order valence-electron chi connectivity index (χ1n) is 4.29. The smallest absolute Gasteiger partial charge is 0.180 e. The van der Waals surface area contributed by atoms with Crippen LogP contribution in [0.4, 0.5) is 5.13 Å². The van der Waals surface area contributed by atoms with Crippen molar-refractivity contribution in [3.63, 3.8) is 0 Å². The van der Waals surface area contributed by atoms with Crippen molar-refractivity contribution in [3.05, 3.63) is 44.3 Å². The summed E-state index contributed by atoms with van der Waals surface area (Å²) in [6.07, 6.45) is 2.56. The molecule has 5 heteroatoms. The van der Waals surface area contributed by atoms with Gasteiger partial charge in [0.15, 0.2) is 5.13 Å². The van der Waals surface area contributed by atoms with Gasteiger partial charge >= 0.3 is 0 Å². The van der Waals surface area contributed by atoms with E-state index in [4.69, 9.17) is 17.3 Å². The molecule has 0 saturated heterocycles. The average molecular weight is 304 g/mol. The first-order valence-corrected chi connectivity index (χ1v) is 6.28. The van der Waals surface area contributed by atoms with Crippen LogP contribution in [-0.2, 0) is 6.42 Å². The maximum atomic E-state index is 6.09. The molecular formula is C10H8BrClN2S. The molecule has 1 heterocycles. The second-order valence-electron chi connectivity index (χ2n) is 3.08. The fraction of sp³-hybridized carbons (Fsp3) is 0.100. The highest BCUT2D eigenvalue weighted by atomic mass is 79.9. The fourth-order valence-electron chi connectivity index (χ4n) is 1.27. The molecule has 0 aliphatic carbocycles. The van der Waals surface area contributed by atoms with E-state index in [9.17, 15) is 0 Å². The summed E-state index contributed by atoms with van der Waals surface area (Å²) in [7, 11) is 0. The lowest BCUT2D eigenvalue weighted by Crippen LogP contribution is -1.86. The highest BCUT2D eigenvalue weighted by Crippen LogP contribution is 2.25. The van der Waals surface area contributed by atoms with E-state index in [1.165, 1.54) is 11.3 Å². The SMILES string of the molecule is Nc1ncc(Cc2cc(Br)ccc2Cl)s1. The quantitative estimate of drug-likeness (QED) is 0.918. The van der Waals surface area contributed by atoms with Gasteiger partial charge in [-0.25, -0.2) is 4.98 Å². The zero-order valence-corrected chi connectivity index (χ0v) is 10.9. The van der Waals surface area contributed by atoms with Gasteiger partial charge in [-0.2, -0.15) is 0 Å². The van der Waals surface area contributed by atoms with Crippen molar-refractivity contribution in [3.8, 4) is 0 Å². The minimum absolute atomic E-state index is 0.594. The van der Waals surface area contributed by atoms with Gasteiger partial charge in [0.1, 0.15) is 0 Å². The van der Waals surface area contributed by atoms with Crippen LogP contribution in [0.15, 0.2) is 28.9 Å². The number of nitrogens with two attached hydrogens (primary N) is 1. The monoisotopic (exact) mass is 302 g/mol. The predicted octanol–water partition coefficient (Wildman–Crippen LogP) is 3.73. The third-order valence-corrected chi connectivity index (χ3v) is 3.63. The van der Waals surface area contributed by atoms with Crippen LogP contribution >= 0.6 is 38.9 Å². The average Bonchev–Trinajstić information content (AvgIpc) is 2.58. The summed E-state index contributed by atoms with van der Waals surface area (Å²) in [6.45, 7) is 0. The summed E-state index contributed by atoms with van der Waals surface area (Å²) < 4.78 is 1.03. The van der Waals surface area contributed by atoms with Crippen molar-refractivity contribution < 1.29 is 0 Å². The molecule has 0 spiro atoms. The topological polar surface area (TPSA) is 38.9 Å². The van der Waals surface area contributed by atoms with E-state index in [-0.39, 0.29) is 0 Å². The number of hydrogen-bond acceptors (Lipinski definition) is 3. The van der Waals surface area contributed by atoms with Crippen molar-refractivity contribution in [1.29, 1.82) is 0 Å². The summed E-state index contributed by atoms with van der Waals surface area (Å²) in [4.78, 5) is 5.12. The van der Waals surface area contributed by atoms with Crippen LogP contribution in [0, 0.1) is 0 Å². The Kier molecular flexibility index (Phi) is 3.29. The summed E-state index contributed by atoms with van der Waals surface area (Å²) in [5, 5.41) is 1.36. The predicted molar refractivity (Wildman–Crippen MR) is 68.5 cm³/mol. The molecule has 0 aliphatic heterocycles. The van der Waals surface area contributed by atoms with Crippen LogP contribution in [0.3, 0.4) is 0 Å². The Morgan fingerprint density at radius 2 is 2.27 bits per heavy atom. The van der Waals surface area contributed by atoms with Gasteiger partial charge < -0.3 is 5.73 Å². The Bertz CT molecular complexity index is 484. The molecule has 0 bridgehead atoms. The number of halogens is 2. The molecule has 0 radical (unpaired) electrons. The number of benzene rings is 1. The molecule has 0 aliphatic rings. The zero-order chi connectivity index (χ0) is 10.8. The minimum Gasteiger partial charge on any atom is -0.375 e. The minimum atomic E-state index is 0.594. The number of nitrogens with zero attached hydrogens (tertiary/aromatic N) is 1. The second-order valence-corrected chi connectivity index (χ2v) is 5.55. The van der Waals surface area contributed by atoms with Gasteiger partial charge in [-0.05, 0) is 23.8 Å². The standard InChI is InChI=1S/C10H8BrClN2S/c11-7-1-2-9(12)6(3-7)4-8-5-14-10(13)15-8/h1-3,5H,4H2,(H2,13,14). The molecule has 78 valence electrons. The van der Waals surface area contributed by atoms with E-state index in [1.807, 2.05) is 18.2 Å². The number of nitrogen functional groups attached to an aromatic ring is 1. The third-order valence-electron chi connectivity index (χ3n) is 1.94. The van der Waals surface area contributed by atoms with Gasteiger partial charge in [0.2, 0.25) is 0 Å². The highest BCUT2D eigenvalue weighted by Gasteiger charge is 2.05. The largest absolute Gasteiger partial charge is 0.375 e. The van der Waals surface area contributed by atoms with Gasteiger partial charge in [-0.1, -0.05) is 27.5 Å². The Morgan fingerprint density at radius 3 is 2.93 bits per heavy atom. The molecule has 2 rings (SSSR count). The highest BCUT2D eigenvalue weighted by molar-refractivity contribution is 9.10. The summed E-state index contributed by atoms with van der Waals surface area (Å²) >= 11 is 11.0. The number of rotatable bonds is 2. The van der Waals surface area contributed by atoms with Crippen LogP contribution in [0.5, 0.6) is 0 Å². The Balaban J connectivity index is 2.27. The van der Waals surface area contributed by atoms with Gasteiger partial charge in [-0.15, -0.1) is 11.3 Å². The normalized spacial score (nSPS) is 10.5. The van der Waals surface area contributed by atoms with Crippen molar-refractivity contribution in [1.82, 2.24) is 4.98 Å². The molecular weight excluding hydrogens is 296 g/mol. The number of hydrogen-bond donors (Lipinski definition) is 1. The zero-order valence-electron chi connectivity index (χ0n) is 7.71. The van der Waals surface area contributed by atoms with Gasteiger partial charge in [0.25, 0.3) is 0 Å². The molecule has 0 fully saturated rings. The Labute approximate surface area is 105 Å². The van der Waals surface area contributed by atoms with E-state index in [0.29, 0.717) is 5.13 Å². The van der Waals surface area contributed by atoms with Crippen LogP contribution < -0.4 is 5.73 Å². The van der Waals surface area contributed by atoms with Crippen molar-refractivity contribution in [2.24, 2.45) is 0 Å². The molecule has 0 unspecified atom stereocenters. The molecule has 2 N–H and O–H groups in total. The lowest BCUT2D eigenvalue weighted by Gasteiger charge is -2.02. The summed E-state index contributed by atoms with van der Waals surface area (Å²) in [5.74, 6) is 0. The van der Waals surface area contributed by atoms with Crippen LogP contribution in [0.25, 0.3) is 0 Å². The van der Waals surface area contributed by atoms with Gasteiger partial charge in [-0.3, -0.25) is 0 Å². The molecule has 2 nitrogen and oxygen atoms in total. The number of anilines is 1. The molecule has 1 aromatic heterocycles. The van der Waals surface area contributed by atoms with E-state index < -0.39 is 0 Å². The van der Waals surface area contributed by atoms with E-state index in [0.717, 1.165) is 26.4 Å². The maximum absolute atomic E-state index is 6.09. The first kappa shape index (κ1) is 10.9. The number of aromatic nitrogens is 1. The van der Waals surface area contributed by atoms with E-state index in [1.54, 1.807) is 6.20 Å². The van der Waals surface area contributed by atoms with E-state index in [2.05, 4.69) is 20.9 Å². The molecule has 0 atom stereocenters. The fourth-order valence-corrected chi connectivity index (χ4v) is 2.57. The van der Waals surface area contributed by atoms with Crippen LogP contribution in [-0.4, -0.2) is 4.98 Å². The lowest BCUT2D eigenvalue weighted by molar-refractivity contribution is 1.21. The van der Waals surface area contributed by atoms with Crippen molar-refractivity contribution >= 4 is 44.0 Å².